The van der Waals surface area contributed by atoms with Crippen molar-refractivity contribution in [3.05, 3.63) is 0 Å². The smallest absolute Gasteiger partial charge is 0.0414 e. The predicted molar refractivity (Wildman–Crippen MR) is 66.7 cm³/mol. The second kappa shape index (κ2) is 11.1. The molecule has 0 heterocycles. The van der Waals surface area contributed by atoms with Crippen molar-refractivity contribution in [2.75, 3.05) is 0 Å². The van der Waals surface area contributed by atoms with Gasteiger partial charge in [-0.2, -0.15) is 0 Å². The molecule has 86 valence electrons. The van der Waals surface area contributed by atoms with E-state index in [4.69, 9.17) is 0 Å². The van der Waals surface area contributed by atoms with Crippen LogP contribution in [0.5, 0.6) is 0 Å². The molecule has 0 aliphatic heterocycles. The molecule has 0 aliphatic carbocycles. The molecule has 0 aromatic carbocycles. The van der Waals surface area contributed by atoms with E-state index in [1.807, 2.05) is 0 Å². The van der Waals surface area contributed by atoms with Crippen LogP contribution >= 0.6 is 0 Å². The maximum Gasteiger partial charge on any atom is -0.0414 e. The highest BCUT2D eigenvalue weighted by atomic mass is 14.1. The van der Waals surface area contributed by atoms with Crippen LogP contribution in [0.25, 0.3) is 0 Å². The maximum absolute atomic E-state index is 2.31. The Balaban J connectivity index is 3.49. The van der Waals surface area contributed by atoms with Crippen molar-refractivity contribution in [3.63, 3.8) is 0 Å². The van der Waals surface area contributed by atoms with Gasteiger partial charge >= 0.3 is 0 Å². The summed E-state index contributed by atoms with van der Waals surface area (Å²) in [7, 11) is 0. The molecule has 0 nitrogen and oxygen atoms in total. The summed E-state index contributed by atoms with van der Waals surface area (Å²) >= 11 is 0. The zero-order chi connectivity index (χ0) is 10.6. The summed E-state index contributed by atoms with van der Waals surface area (Å²) in [5, 5.41) is 0. The van der Waals surface area contributed by atoms with Crippen molar-refractivity contribution in [3.8, 4) is 0 Å². The van der Waals surface area contributed by atoms with Crippen molar-refractivity contribution < 1.29 is 0 Å². The minimum Gasteiger partial charge on any atom is -0.0654 e. The van der Waals surface area contributed by atoms with E-state index < -0.39 is 0 Å². The monoisotopic (exact) mass is 198 g/mol. The minimum absolute atomic E-state index is 1.04. The first-order valence-corrected chi connectivity index (χ1v) is 6.85. The second-order valence-electron chi connectivity index (χ2n) is 4.65. The molecule has 14 heavy (non-hydrogen) atoms. The lowest BCUT2D eigenvalue weighted by Gasteiger charge is -2.15. The highest BCUT2D eigenvalue weighted by Crippen LogP contribution is 2.22. The molecule has 0 aromatic rings. The van der Waals surface area contributed by atoms with Gasteiger partial charge in [-0.05, 0) is 5.92 Å². The molecular formula is C14H30. The average Bonchev–Trinajstić information content (AvgIpc) is 2.21. The molecular weight excluding hydrogens is 168 g/mol. The Kier molecular flexibility index (Phi) is 11.1. The zero-order valence-corrected chi connectivity index (χ0v) is 10.6. The van der Waals surface area contributed by atoms with Gasteiger partial charge in [-0.3, -0.25) is 0 Å². The molecule has 0 radical (unpaired) electrons. The molecule has 0 aliphatic rings. The van der Waals surface area contributed by atoms with E-state index >= 15 is 0 Å². The van der Waals surface area contributed by atoms with Gasteiger partial charge in [0, 0.05) is 0 Å². The molecule has 0 aromatic heterocycles. The van der Waals surface area contributed by atoms with E-state index in [0.717, 1.165) is 5.92 Å². The molecule has 0 amide bonds. The fourth-order valence-electron chi connectivity index (χ4n) is 2.10. The highest BCUT2D eigenvalue weighted by Gasteiger charge is 2.06. The second-order valence-corrected chi connectivity index (χ2v) is 4.65. The third-order valence-electron chi connectivity index (χ3n) is 3.15. The van der Waals surface area contributed by atoms with Gasteiger partial charge in [-0.15, -0.1) is 0 Å². The Morgan fingerprint density at radius 1 is 0.571 bits per heavy atom. The summed E-state index contributed by atoms with van der Waals surface area (Å²) in [5.74, 6) is 1.04. The number of rotatable bonds is 10. The van der Waals surface area contributed by atoms with Crippen LogP contribution in [0, 0.1) is 5.92 Å². The van der Waals surface area contributed by atoms with Gasteiger partial charge in [0.15, 0.2) is 0 Å². The summed E-state index contributed by atoms with van der Waals surface area (Å²) < 4.78 is 0. The zero-order valence-electron chi connectivity index (χ0n) is 10.6. The van der Waals surface area contributed by atoms with Gasteiger partial charge in [0.2, 0.25) is 0 Å². The largest absolute Gasteiger partial charge is 0.0654 e. The van der Waals surface area contributed by atoms with E-state index in [-0.39, 0.29) is 0 Å². The van der Waals surface area contributed by atoms with Gasteiger partial charge < -0.3 is 0 Å². The number of hydrogen-bond donors (Lipinski definition) is 0. The number of hydrogen-bond acceptors (Lipinski definition) is 0. The molecule has 0 saturated carbocycles. The van der Waals surface area contributed by atoms with Crippen molar-refractivity contribution in [2.45, 2.75) is 85.0 Å². The third-order valence-corrected chi connectivity index (χ3v) is 3.15. The van der Waals surface area contributed by atoms with Gasteiger partial charge in [0.25, 0.3) is 0 Å². The van der Waals surface area contributed by atoms with Gasteiger partial charge in [-0.1, -0.05) is 85.0 Å². The van der Waals surface area contributed by atoms with E-state index in [1.165, 1.54) is 64.2 Å². The minimum atomic E-state index is 1.04. The van der Waals surface area contributed by atoms with Crippen LogP contribution < -0.4 is 0 Å². The fraction of sp³-hybridized carbons (Fsp3) is 1.00. The lowest BCUT2D eigenvalue weighted by Crippen LogP contribution is -2.00. The molecule has 0 atom stereocenters. The lowest BCUT2D eigenvalue weighted by molar-refractivity contribution is 0.379. The fourth-order valence-corrected chi connectivity index (χ4v) is 2.10. The van der Waals surface area contributed by atoms with Crippen LogP contribution in [0.1, 0.15) is 85.0 Å². The summed E-state index contributed by atoms with van der Waals surface area (Å²) in [6, 6.07) is 0. The molecule has 0 unspecified atom stereocenters. The molecule has 0 heteroatoms. The molecule has 0 fully saturated rings. The van der Waals surface area contributed by atoms with Crippen molar-refractivity contribution in [2.24, 2.45) is 5.92 Å². The van der Waals surface area contributed by atoms with E-state index in [9.17, 15) is 0 Å². The quantitative estimate of drug-likeness (QED) is 0.403. The maximum atomic E-state index is 2.31. The summed E-state index contributed by atoms with van der Waals surface area (Å²) in [6.07, 6.45) is 14.4. The Bertz CT molecular complexity index is 88.2. The van der Waals surface area contributed by atoms with E-state index in [1.54, 1.807) is 0 Å². The normalized spacial score (nSPS) is 11.1. The topological polar surface area (TPSA) is 0 Å². The third kappa shape index (κ3) is 8.59. The SMILES string of the molecule is CCCCCC(CCCC)CCCC. The standard InChI is InChI=1S/C14H30/c1-4-7-10-13-14(11-8-5-2)12-9-6-3/h14H,4-13H2,1-3H3. The first-order valence-electron chi connectivity index (χ1n) is 6.85. The van der Waals surface area contributed by atoms with Crippen molar-refractivity contribution >= 4 is 0 Å². The Morgan fingerprint density at radius 2 is 1.00 bits per heavy atom. The summed E-state index contributed by atoms with van der Waals surface area (Å²) in [5.41, 5.74) is 0. The summed E-state index contributed by atoms with van der Waals surface area (Å²) in [6.45, 7) is 6.92. The molecule has 0 spiro atoms. The highest BCUT2D eigenvalue weighted by molar-refractivity contribution is 4.60. The van der Waals surface area contributed by atoms with Gasteiger partial charge in [-0.25, -0.2) is 0 Å². The summed E-state index contributed by atoms with van der Waals surface area (Å²) in [4.78, 5) is 0. The van der Waals surface area contributed by atoms with Crippen molar-refractivity contribution in [1.82, 2.24) is 0 Å². The predicted octanol–water partition coefficient (Wildman–Crippen LogP) is 5.56. The van der Waals surface area contributed by atoms with E-state index in [0.29, 0.717) is 0 Å². The van der Waals surface area contributed by atoms with Crippen LogP contribution in [0.2, 0.25) is 0 Å². The first-order chi connectivity index (χ1) is 6.85. The Labute approximate surface area is 91.5 Å². The van der Waals surface area contributed by atoms with Crippen LogP contribution in [0.3, 0.4) is 0 Å². The first kappa shape index (κ1) is 14.0. The van der Waals surface area contributed by atoms with Crippen molar-refractivity contribution in [1.29, 1.82) is 0 Å². The van der Waals surface area contributed by atoms with Gasteiger partial charge in [0.05, 0.1) is 0 Å². The molecule has 0 bridgehead atoms. The van der Waals surface area contributed by atoms with Crippen LogP contribution in [0.15, 0.2) is 0 Å². The number of unbranched alkanes of at least 4 members (excludes halogenated alkanes) is 4. The molecule has 0 N–H and O–H groups in total. The van der Waals surface area contributed by atoms with Gasteiger partial charge in [0.1, 0.15) is 0 Å². The van der Waals surface area contributed by atoms with E-state index in [2.05, 4.69) is 20.8 Å². The van der Waals surface area contributed by atoms with Crippen LogP contribution in [-0.2, 0) is 0 Å². The Hall–Kier alpha value is 0. The Morgan fingerprint density at radius 3 is 1.43 bits per heavy atom. The average molecular weight is 198 g/mol. The lowest BCUT2D eigenvalue weighted by atomic mass is 9.91. The molecule has 0 rings (SSSR count). The van der Waals surface area contributed by atoms with Crippen LogP contribution in [-0.4, -0.2) is 0 Å². The van der Waals surface area contributed by atoms with Crippen LogP contribution in [0.4, 0.5) is 0 Å². The molecule has 0 saturated heterocycles.